The number of unbranched alkanes of at least 4 members (excludes halogenated alkanes) is 1. The largest absolute Gasteiger partial charge is 0.384 e. The molecule has 1 fully saturated rings. The van der Waals surface area contributed by atoms with Crippen LogP contribution in [-0.2, 0) is 9.53 Å². The summed E-state index contributed by atoms with van der Waals surface area (Å²) < 4.78 is 5.29. The summed E-state index contributed by atoms with van der Waals surface area (Å²) in [6.45, 7) is 9.90. The predicted octanol–water partition coefficient (Wildman–Crippen LogP) is 2.34. The first kappa shape index (κ1) is 17.4. The molecule has 118 valence electrons. The standard InChI is InChI=1S/C16H32N2O2/c1-15(2,3)7-5-6-10-18-14(19)16(13-20-4)8-11-17-12-9-16/h17H,5-13H2,1-4H3,(H,18,19). The van der Waals surface area contributed by atoms with Crippen LogP contribution in [0.4, 0.5) is 0 Å². The van der Waals surface area contributed by atoms with E-state index >= 15 is 0 Å². The third-order valence-electron chi connectivity index (χ3n) is 4.10. The zero-order valence-corrected chi connectivity index (χ0v) is 13.7. The molecule has 1 rings (SSSR count). The molecule has 0 bridgehead atoms. The Morgan fingerprint density at radius 2 is 1.90 bits per heavy atom. The molecule has 0 aromatic carbocycles. The lowest BCUT2D eigenvalue weighted by molar-refractivity contribution is -0.136. The lowest BCUT2D eigenvalue weighted by atomic mass is 9.78. The van der Waals surface area contributed by atoms with Crippen LogP contribution < -0.4 is 10.6 Å². The van der Waals surface area contributed by atoms with Crippen LogP contribution in [0.25, 0.3) is 0 Å². The number of carbonyl (C=O) groups is 1. The van der Waals surface area contributed by atoms with E-state index in [4.69, 9.17) is 4.74 Å². The highest BCUT2D eigenvalue weighted by Gasteiger charge is 2.39. The number of piperidine rings is 1. The Hall–Kier alpha value is -0.610. The van der Waals surface area contributed by atoms with E-state index < -0.39 is 0 Å². The van der Waals surface area contributed by atoms with Gasteiger partial charge in [-0.05, 0) is 44.2 Å². The molecule has 0 spiro atoms. The van der Waals surface area contributed by atoms with E-state index in [9.17, 15) is 4.79 Å². The van der Waals surface area contributed by atoms with Crippen LogP contribution in [0.2, 0.25) is 0 Å². The molecule has 1 amide bonds. The first-order valence-corrected chi connectivity index (χ1v) is 7.88. The molecular formula is C16H32N2O2. The maximum Gasteiger partial charge on any atom is 0.228 e. The van der Waals surface area contributed by atoms with Crippen molar-refractivity contribution in [2.45, 2.75) is 52.9 Å². The van der Waals surface area contributed by atoms with Crippen molar-refractivity contribution in [3.63, 3.8) is 0 Å². The van der Waals surface area contributed by atoms with Crippen molar-refractivity contribution >= 4 is 5.91 Å². The fourth-order valence-corrected chi connectivity index (χ4v) is 2.79. The number of ether oxygens (including phenoxy) is 1. The van der Waals surface area contributed by atoms with Crippen LogP contribution in [0.5, 0.6) is 0 Å². The van der Waals surface area contributed by atoms with Gasteiger partial charge >= 0.3 is 0 Å². The maximum atomic E-state index is 12.5. The van der Waals surface area contributed by atoms with Crippen molar-refractivity contribution in [2.24, 2.45) is 10.8 Å². The molecule has 20 heavy (non-hydrogen) atoms. The summed E-state index contributed by atoms with van der Waals surface area (Å²) in [6, 6.07) is 0. The van der Waals surface area contributed by atoms with Crippen LogP contribution in [-0.4, -0.2) is 39.3 Å². The molecule has 4 nitrogen and oxygen atoms in total. The van der Waals surface area contributed by atoms with Crippen molar-refractivity contribution in [1.29, 1.82) is 0 Å². The second-order valence-electron chi connectivity index (χ2n) is 7.24. The van der Waals surface area contributed by atoms with Crippen molar-refractivity contribution in [3.8, 4) is 0 Å². The van der Waals surface area contributed by atoms with Gasteiger partial charge in [0, 0.05) is 13.7 Å². The Labute approximate surface area is 124 Å². The van der Waals surface area contributed by atoms with Gasteiger partial charge in [-0.3, -0.25) is 4.79 Å². The molecule has 0 saturated carbocycles. The fraction of sp³-hybridized carbons (Fsp3) is 0.938. The average Bonchev–Trinajstić information content (AvgIpc) is 2.38. The Kier molecular flexibility index (Phi) is 6.96. The lowest BCUT2D eigenvalue weighted by Crippen LogP contribution is -2.50. The molecule has 0 unspecified atom stereocenters. The van der Waals surface area contributed by atoms with E-state index in [1.807, 2.05) is 0 Å². The second kappa shape index (κ2) is 7.99. The third-order valence-corrected chi connectivity index (χ3v) is 4.10. The molecule has 0 radical (unpaired) electrons. The van der Waals surface area contributed by atoms with Crippen LogP contribution in [0.3, 0.4) is 0 Å². The minimum Gasteiger partial charge on any atom is -0.384 e. The SMILES string of the molecule is COCC1(C(=O)NCCCCC(C)(C)C)CCNCC1. The Morgan fingerprint density at radius 1 is 1.25 bits per heavy atom. The normalized spacial score (nSPS) is 18.8. The summed E-state index contributed by atoms with van der Waals surface area (Å²) in [4.78, 5) is 12.5. The molecule has 0 aromatic rings. The molecule has 0 atom stereocenters. The van der Waals surface area contributed by atoms with E-state index in [-0.39, 0.29) is 11.3 Å². The molecule has 0 aromatic heterocycles. The number of hydrogen-bond donors (Lipinski definition) is 2. The van der Waals surface area contributed by atoms with Gasteiger partial charge < -0.3 is 15.4 Å². The molecule has 2 N–H and O–H groups in total. The summed E-state index contributed by atoms with van der Waals surface area (Å²) in [6.07, 6.45) is 5.17. The molecule has 0 aliphatic carbocycles. The van der Waals surface area contributed by atoms with Gasteiger partial charge in [0.25, 0.3) is 0 Å². The Bertz CT molecular complexity index is 286. The summed E-state index contributed by atoms with van der Waals surface area (Å²) >= 11 is 0. The maximum absolute atomic E-state index is 12.5. The minimum absolute atomic E-state index is 0.177. The van der Waals surface area contributed by atoms with Crippen LogP contribution in [0.1, 0.15) is 52.9 Å². The lowest BCUT2D eigenvalue weighted by Gasteiger charge is -2.35. The highest BCUT2D eigenvalue weighted by molar-refractivity contribution is 5.82. The van der Waals surface area contributed by atoms with E-state index in [0.29, 0.717) is 12.0 Å². The van der Waals surface area contributed by atoms with Gasteiger partial charge in [-0.2, -0.15) is 0 Å². The van der Waals surface area contributed by atoms with Gasteiger partial charge in [0.2, 0.25) is 5.91 Å². The molecule has 1 aliphatic rings. The van der Waals surface area contributed by atoms with Gasteiger partial charge in [0.15, 0.2) is 0 Å². The predicted molar refractivity (Wildman–Crippen MR) is 82.7 cm³/mol. The minimum atomic E-state index is -0.315. The number of nitrogens with one attached hydrogen (secondary N) is 2. The number of carbonyl (C=O) groups excluding carboxylic acids is 1. The van der Waals surface area contributed by atoms with Crippen molar-refractivity contribution < 1.29 is 9.53 Å². The monoisotopic (exact) mass is 284 g/mol. The summed E-state index contributed by atoms with van der Waals surface area (Å²) in [5.41, 5.74) is 0.0698. The van der Waals surface area contributed by atoms with Gasteiger partial charge in [0.1, 0.15) is 0 Å². The topological polar surface area (TPSA) is 50.4 Å². The van der Waals surface area contributed by atoms with E-state index in [1.54, 1.807) is 7.11 Å². The summed E-state index contributed by atoms with van der Waals surface area (Å²) in [5.74, 6) is 0.177. The van der Waals surface area contributed by atoms with Crippen molar-refractivity contribution in [3.05, 3.63) is 0 Å². The number of hydrogen-bond acceptors (Lipinski definition) is 3. The van der Waals surface area contributed by atoms with Gasteiger partial charge in [-0.15, -0.1) is 0 Å². The smallest absolute Gasteiger partial charge is 0.228 e. The molecule has 1 aliphatic heterocycles. The highest BCUT2D eigenvalue weighted by Crippen LogP contribution is 2.29. The van der Waals surface area contributed by atoms with Gasteiger partial charge in [-0.25, -0.2) is 0 Å². The molecular weight excluding hydrogens is 252 g/mol. The Balaban J connectivity index is 2.32. The third kappa shape index (κ3) is 5.80. The van der Waals surface area contributed by atoms with Crippen LogP contribution >= 0.6 is 0 Å². The van der Waals surface area contributed by atoms with Crippen molar-refractivity contribution in [1.82, 2.24) is 10.6 Å². The van der Waals surface area contributed by atoms with E-state index in [0.717, 1.165) is 38.9 Å². The van der Waals surface area contributed by atoms with E-state index in [2.05, 4.69) is 31.4 Å². The first-order chi connectivity index (χ1) is 9.40. The first-order valence-electron chi connectivity index (χ1n) is 7.88. The quantitative estimate of drug-likeness (QED) is 0.706. The zero-order valence-electron chi connectivity index (χ0n) is 13.7. The molecule has 1 heterocycles. The van der Waals surface area contributed by atoms with Crippen LogP contribution in [0, 0.1) is 10.8 Å². The molecule has 1 saturated heterocycles. The Morgan fingerprint density at radius 3 is 2.45 bits per heavy atom. The highest BCUT2D eigenvalue weighted by atomic mass is 16.5. The van der Waals surface area contributed by atoms with Gasteiger partial charge in [-0.1, -0.05) is 27.2 Å². The van der Waals surface area contributed by atoms with E-state index in [1.165, 1.54) is 12.8 Å². The summed E-state index contributed by atoms with van der Waals surface area (Å²) in [7, 11) is 1.68. The fourth-order valence-electron chi connectivity index (χ4n) is 2.79. The molecule has 4 heteroatoms. The van der Waals surface area contributed by atoms with Crippen LogP contribution in [0.15, 0.2) is 0 Å². The number of amides is 1. The number of rotatable bonds is 7. The zero-order chi connectivity index (χ0) is 15.1. The van der Waals surface area contributed by atoms with Crippen molar-refractivity contribution in [2.75, 3.05) is 33.4 Å². The number of methoxy groups -OCH3 is 1. The summed E-state index contributed by atoms with van der Waals surface area (Å²) in [5, 5.41) is 6.43. The average molecular weight is 284 g/mol. The second-order valence-corrected chi connectivity index (χ2v) is 7.24. The van der Waals surface area contributed by atoms with Gasteiger partial charge in [0.05, 0.1) is 12.0 Å².